The predicted molar refractivity (Wildman–Crippen MR) is 117 cm³/mol. The van der Waals surface area contributed by atoms with Gasteiger partial charge in [-0.15, -0.1) is 0 Å². The summed E-state index contributed by atoms with van der Waals surface area (Å²) in [6, 6.07) is 5.54. The van der Waals surface area contributed by atoms with Crippen LogP contribution in [0.3, 0.4) is 0 Å². The SMILES string of the molecule is CCCc1c(OCCN2CCCC2CO)ccc2c(=O)cc(N3CCOCC3)oc12. The zero-order valence-corrected chi connectivity index (χ0v) is 17.8. The number of morpholine rings is 1. The normalized spacial score (nSPS) is 20.2. The number of likely N-dealkylation sites (tertiary alicyclic amines) is 1. The van der Waals surface area contributed by atoms with Gasteiger partial charge in [-0.2, -0.15) is 0 Å². The predicted octanol–water partition coefficient (Wildman–Crippen LogP) is 2.42. The molecule has 2 saturated heterocycles. The van der Waals surface area contributed by atoms with E-state index in [0.29, 0.717) is 36.7 Å². The van der Waals surface area contributed by atoms with Gasteiger partial charge in [0.2, 0.25) is 0 Å². The Morgan fingerprint density at radius 3 is 2.83 bits per heavy atom. The lowest BCUT2D eigenvalue weighted by atomic mass is 10.0. The topological polar surface area (TPSA) is 75.4 Å². The first-order valence-electron chi connectivity index (χ1n) is 11.1. The molecule has 2 aromatic rings. The molecule has 4 rings (SSSR count). The van der Waals surface area contributed by atoms with E-state index in [-0.39, 0.29) is 18.1 Å². The first-order valence-corrected chi connectivity index (χ1v) is 11.1. The fourth-order valence-corrected chi connectivity index (χ4v) is 4.47. The van der Waals surface area contributed by atoms with E-state index in [1.165, 1.54) is 0 Å². The minimum absolute atomic E-state index is 0.0236. The molecule has 30 heavy (non-hydrogen) atoms. The van der Waals surface area contributed by atoms with Crippen molar-refractivity contribution in [2.24, 2.45) is 0 Å². The number of nitrogens with zero attached hydrogens (tertiary/aromatic N) is 2. The van der Waals surface area contributed by atoms with Crippen LogP contribution in [0.25, 0.3) is 11.0 Å². The van der Waals surface area contributed by atoms with Crippen molar-refractivity contribution in [1.29, 1.82) is 0 Å². The monoisotopic (exact) mass is 416 g/mol. The van der Waals surface area contributed by atoms with Gasteiger partial charge in [0.15, 0.2) is 11.3 Å². The summed E-state index contributed by atoms with van der Waals surface area (Å²) in [5.74, 6) is 1.39. The zero-order chi connectivity index (χ0) is 20.9. The summed E-state index contributed by atoms with van der Waals surface area (Å²) in [5.41, 5.74) is 1.57. The standard InChI is InChI=1S/C23H32N2O5/c1-2-4-19-21(29-14-11-24-8-3-5-17(24)16-26)7-6-18-20(27)15-22(30-23(18)19)25-9-12-28-13-10-25/h6-7,15,17,26H,2-5,8-14,16H2,1H3. The Morgan fingerprint density at radius 1 is 1.23 bits per heavy atom. The number of hydrogen-bond donors (Lipinski definition) is 1. The minimum atomic E-state index is -0.0236. The minimum Gasteiger partial charge on any atom is -0.492 e. The second-order valence-electron chi connectivity index (χ2n) is 8.08. The van der Waals surface area contributed by atoms with Crippen LogP contribution >= 0.6 is 0 Å². The van der Waals surface area contributed by atoms with Crippen molar-refractivity contribution in [1.82, 2.24) is 4.90 Å². The molecule has 1 aromatic heterocycles. The summed E-state index contributed by atoms with van der Waals surface area (Å²) >= 11 is 0. The Hall–Kier alpha value is -2.09. The Bertz CT molecular complexity index is 906. The Kier molecular flexibility index (Phi) is 6.92. The van der Waals surface area contributed by atoms with Gasteiger partial charge in [-0.3, -0.25) is 9.69 Å². The van der Waals surface area contributed by atoms with Crippen LogP contribution in [0, 0.1) is 0 Å². The highest BCUT2D eigenvalue weighted by Gasteiger charge is 2.23. The Morgan fingerprint density at radius 2 is 2.07 bits per heavy atom. The third-order valence-corrected chi connectivity index (χ3v) is 6.11. The van der Waals surface area contributed by atoms with E-state index < -0.39 is 0 Å². The highest BCUT2D eigenvalue weighted by molar-refractivity contribution is 5.83. The van der Waals surface area contributed by atoms with E-state index in [1.54, 1.807) is 6.07 Å². The number of fused-ring (bicyclic) bond motifs is 1. The summed E-state index contributed by atoms with van der Waals surface area (Å²) in [6.45, 7) is 7.36. The van der Waals surface area contributed by atoms with E-state index >= 15 is 0 Å². The molecule has 0 radical (unpaired) electrons. The summed E-state index contributed by atoms with van der Waals surface area (Å²) in [7, 11) is 0. The molecular formula is C23H32N2O5. The number of aliphatic hydroxyl groups excluding tert-OH is 1. The number of aryl methyl sites for hydroxylation is 1. The van der Waals surface area contributed by atoms with E-state index in [0.717, 1.165) is 63.2 Å². The largest absolute Gasteiger partial charge is 0.492 e. The van der Waals surface area contributed by atoms with Crippen molar-refractivity contribution in [3.63, 3.8) is 0 Å². The van der Waals surface area contributed by atoms with Gasteiger partial charge in [0.1, 0.15) is 17.9 Å². The lowest BCUT2D eigenvalue weighted by molar-refractivity contribution is 0.121. The van der Waals surface area contributed by atoms with Crippen molar-refractivity contribution < 1.29 is 19.0 Å². The van der Waals surface area contributed by atoms with Crippen molar-refractivity contribution in [2.45, 2.75) is 38.6 Å². The molecule has 1 aromatic carbocycles. The fourth-order valence-electron chi connectivity index (χ4n) is 4.47. The second-order valence-corrected chi connectivity index (χ2v) is 8.08. The molecule has 1 N–H and O–H groups in total. The van der Waals surface area contributed by atoms with Crippen LogP contribution < -0.4 is 15.1 Å². The van der Waals surface area contributed by atoms with E-state index in [9.17, 15) is 9.90 Å². The smallest absolute Gasteiger partial charge is 0.200 e. The fraction of sp³-hybridized carbons (Fsp3) is 0.609. The third-order valence-electron chi connectivity index (χ3n) is 6.11. The van der Waals surface area contributed by atoms with Crippen molar-refractivity contribution in [3.05, 3.63) is 34.0 Å². The van der Waals surface area contributed by atoms with Crippen LogP contribution in [0.1, 0.15) is 31.7 Å². The second kappa shape index (κ2) is 9.81. The Labute approximate surface area is 177 Å². The molecule has 2 fully saturated rings. The summed E-state index contributed by atoms with van der Waals surface area (Å²) in [5, 5.41) is 10.1. The van der Waals surface area contributed by atoms with Crippen LogP contribution in [0.15, 0.2) is 27.4 Å². The van der Waals surface area contributed by atoms with Crippen LogP contribution in [0.2, 0.25) is 0 Å². The number of aliphatic hydroxyl groups is 1. The molecule has 0 bridgehead atoms. The first kappa shape index (κ1) is 21.2. The summed E-state index contributed by atoms with van der Waals surface area (Å²) in [4.78, 5) is 17.1. The van der Waals surface area contributed by atoms with Crippen LogP contribution in [0.4, 0.5) is 5.88 Å². The number of benzene rings is 1. The molecule has 1 atom stereocenters. The van der Waals surface area contributed by atoms with Gasteiger partial charge in [-0.25, -0.2) is 0 Å². The highest BCUT2D eigenvalue weighted by atomic mass is 16.5. The average molecular weight is 417 g/mol. The maximum atomic E-state index is 12.8. The molecule has 0 aliphatic carbocycles. The van der Waals surface area contributed by atoms with Crippen LogP contribution in [-0.4, -0.2) is 68.7 Å². The van der Waals surface area contributed by atoms with Gasteiger partial charge in [0, 0.05) is 37.3 Å². The Balaban J connectivity index is 1.59. The number of ether oxygens (including phenoxy) is 2. The molecule has 7 nitrogen and oxygen atoms in total. The number of hydrogen-bond acceptors (Lipinski definition) is 7. The maximum absolute atomic E-state index is 12.8. The number of rotatable bonds is 8. The summed E-state index contributed by atoms with van der Waals surface area (Å²) < 4.78 is 17.8. The maximum Gasteiger partial charge on any atom is 0.200 e. The van der Waals surface area contributed by atoms with Gasteiger partial charge in [-0.1, -0.05) is 13.3 Å². The van der Waals surface area contributed by atoms with Crippen molar-refractivity contribution >= 4 is 16.9 Å². The first-order chi connectivity index (χ1) is 14.7. The van der Waals surface area contributed by atoms with Crippen LogP contribution in [0.5, 0.6) is 5.75 Å². The number of anilines is 1. The van der Waals surface area contributed by atoms with Gasteiger partial charge in [-0.05, 0) is 37.9 Å². The molecule has 7 heteroatoms. The van der Waals surface area contributed by atoms with E-state index in [4.69, 9.17) is 13.9 Å². The van der Waals surface area contributed by atoms with Gasteiger partial charge >= 0.3 is 0 Å². The van der Waals surface area contributed by atoms with Crippen LogP contribution in [-0.2, 0) is 11.2 Å². The highest BCUT2D eigenvalue weighted by Crippen LogP contribution is 2.31. The van der Waals surface area contributed by atoms with E-state index in [1.807, 2.05) is 12.1 Å². The molecule has 2 aliphatic rings. The lowest BCUT2D eigenvalue weighted by Crippen LogP contribution is -2.36. The molecule has 3 heterocycles. The summed E-state index contributed by atoms with van der Waals surface area (Å²) in [6.07, 6.45) is 3.88. The molecule has 0 spiro atoms. The average Bonchev–Trinajstić information content (AvgIpc) is 3.23. The van der Waals surface area contributed by atoms with Crippen molar-refractivity contribution in [2.75, 3.05) is 57.5 Å². The van der Waals surface area contributed by atoms with Gasteiger partial charge in [0.05, 0.1) is 25.2 Å². The van der Waals surface area contributed by atoms with Crippen molar-refractivity contribution in [3.8, 4) is 5.75 Å². The quantitative estimate of drug-likeness (QED) is 0.708. The lowest BCUT2D eigenvalue weighted by Gasteiger charge is -2.27. The molecule has 2 aliphatic heterocycles. The molecule has 1 unspecified atom stereocenters. The van der Waals surface area contributed by atoms with Gasteiger partial charge < -0.3 is 23.9 Å². The molecule has 0 saturated carbocycles. The molecule has 164 valence electrons. The third kappa shape index (κ3) is 4.48. The molecule has 0 amide bonds. The molecular weight excluding hydrogens is 384 g/mol. The van der Waals surface area contributed by atoms with Gasteiger partial charge in [0.25, 0.3) is 0 Å². The zero-order valence-electron chi connectivity index (χ0n) is 17.8. The van der Waals surface area contributed by atoms with E-state index in [2.05, 4.69) is 16.7 Å².